The van der Waals surface area contributed by atoms with E-state index in [1.165, 1.54) is 16.8 Å². The van der Waals surface area contributed by atoms with E-state index in [4.69, 9.17) is 0 Å². The van der Waals surface area contributed by atoms with Crippen molar-refractivity contribution in [2.45, 2.75) is 27.2 Å². The monoisotopic (exact) mass is 415 g/mol. The molecule has 1 heterocycles. The second-order valence-electron chi connectivity index (χ2n) is 7.46. The molecular formula is C23H30ClN3O2. The van der Waals surface area contributed by atoms with E-state index in [0.29, 0.717) is 31.6 Å². The molecule has 2 aromatic carbocycles. The summed E-state index contributed by atoms with van der Waals surface area (Å²) in [5.74, 6) is 0.0556. The number of Topliss-reactive ketones (excluding diaryl/α,β-unsaturated/α-hetero) is 1. The predicted octanol–water partition coefficient (Wildman–Crippen LogP) is 4.14. The summed E-state index contributed by atoms with van der Waals surface area (Å²) in [7, 11) is 0. The fourth-order valence-corrected chi connectivity index (χ4v) is 3.51. The number of rotatable bonds is 5. The molecule has 5 nitrogen and oxygen atoms in total. The Kier molecular flexibility index (Phi) is 8.09. The van der Waals surface area contributed by atoms with Crippen LogP contribution in [0.4, 0.5) is 10.5 Å². The maximum atomic E-state index is 12.4. The number of halogens is 1. The molecule has 0 atom stereocenters. The fraction of sp³-hybridized carbons (Fsp3) is 0.391. The average Bonchev–Trinajstić information content (AvgIpc) is 2.70. The van der Waals surface area contributed by atoms with E-state index >= 15 is 0 Å². The van der Waals surface area contributed by atoms with Gasteiger partial charge < -0.3 is 15.1 Å². The van der Waals surface area contributed by atoms with Gasteiger partial charge in [0.15, 0.2) is 5.78 Å². The van der Waals surface area contributed by atoms with Crippen LogP contribution in [0.5, 0.6) is 0 Å². The van der Waals surface area contributed by atoms with Gasteiger partial charge in [0.2, 0.25) is 0 Å². The Bertz CT molecular complexity index is 844. The Labute approximate surface area is 179 Å². The van der Waals surface area contributed by atoms with Gasteiger partial charge in [-0.2, -0.15) is 0 Å². The van der Waals surface area contributed by atoms with E-state index in [0.717, 1.165) is 18.7 Å². The van der Waals surface area contributed by atoms with Crippen LogP contribution in [0.1, 0.15) is 33.5 Å². The number of nitrogens with zero attached hydrogens (tertiary/aromatic N) is 2. The summed E-state index contributed by atoms with van der Waals surface area (Å²) in [5.41, 5.74) is 5.67. The normalized spacial score (nSPS) is 13.6. The van der Waals surface area contributed by atoms with Gasteiger partial charge in [0, 0.05) is 50.4 Å². The number of anilines is 1. The molecule has 3 rings (SSSR count). The van der Waals surface area contributed by atoms with Crippen LogP contribution in [0, 0.1) is 20.8 Å². The number of ketones is 1. The van der Waals surface area contributed by atoms with E-state index in [1.807, 2.05) is 36.1 Å². The van der Waals surface area contributed by atoms with E-state index in [2.05, 4.69) is 42.3 Å². The third-order valence-electron chi connectivity index (χ3n) is 5.49. The van der Waals surface area contributed by atoms with E-state index < -0.39 is 0 Å². The number of piperazine rings is 1. The van der Waals surface area contributed by atoms with Crippen LogP contribution in [0.25, 0.3) is 0 Å². The molecule has 2 aromatic rings. The molecule has 1 aliphatic heterocycles. The number of amides is 2. The van der Waals surface area contributed by atoms with Gasteiger partial charge in [-0.15, -0.1) is 12.4 Å². The zero-order valence-electron chi connectivity index (χ0n) is 17.4. The van der Waals surface area contributed by atoms with E-state index in [9.17, 15) is 9.59 Å². The first kappa shape index (κ1) is 22.8. The maximum absolute atomic E-state index is 12.4. The second-order valence-corrected chi connectivity index (χ2v) is 7.46. The Morgan fingerprint density at radius 3 is 2.24 bits per heavy atom. The van der Waals surface area contributed by atoms with Crippen molar-refractivity contribution in [3.8, 4) is 0 Å². The third kappa shape index (κ3) is 5.73. The number of hydrogen-bond acceptors (Lipinski definition) is 3. The fourth-order valence-electron chi connectivity index (χ4n) is 3.51. The van der Waals surface area contributed by atoms with Crippen molar-refractivity contribution in [1.82, 2.24) is 10.2 Å². The summed E-state index contributed by atoms with van der Waals surface area (Å²) >= 11 is 0. The first-order valence-corrected chi connectivity index (χ1v) is 9.89. The molecule has 0 radical (unpaired) electrons. The van der Waals surface area contributed by atoms with Gasteiger partial charge in [-0.05, 0) is 38.0 Å². The molecule has 0 unspecified atom stereocenters. The Balaban J connectivity index is 0.00000300. The van der Waals surface area contributed by atoms with Crippen molar-refractivity contribution in [3.05, 3.63) is 64.7 Å². The highest BCUT2D eigenvalue weighted by atomic mass is 35.5. The highest BCUT2D eigenvalue weighted by Crippen LogP contribution is 2.23. The lowest BCUT2D eigenvalue weighted by Gasteiger charge is -2.37. The molecule has 0 aromatic heterocycles. The van der Waals surface area contributed by atoms with Gasteiger partial charge >= 0.3 is 6.03 Å². The minimum absolute atomic E-state index is 0. The van der Waals surface area contributed by atoms with E-state index in [1.54, 1.807) is 0 Å². The average molecular weight is 416 g/mol. The molecule has 156 valence electrons. The molecule has 0 saturated carbocycles. The van der Waals surface area contributed by atoms with Gasteiger partial charge in [0.1, 0.15) is 0 Å². The third-order valence-corrected chi connectivity index (χ3v) is 5.49. The van der Waals surface area contributed by atoms with Crippen molar-refractivity contribution in [3.63, 3.8) is 0 Å². The molecule has 2 amide bonds. The van der Waals surface area contributed by atoms with Gasteiger partial charge in [0.25, 0.3) is 0 Å². The zero-order valence-corrected chi connectivity index (χ0v) is 18.2. The number of hydrogen-bond donors (Lipinski definition) is 1. The second kappa shape index (κ2) is 10.3. The minimum atomic E-state index is -0.0858. The van der Waals surface area contributed by atoms with Gasteiger partial charge in [-0.25, -0.2) is 4.79 Å². The van der Waals surface area contributed by atoms with Crippen LogP contribution in [0.2, 0.25) is 0 Å². The number of carbonyl (C=O) groups excluding carboxylic acids is 2. The van der Waals surface area contributed by atoms with Crippen LogP contribution in [0.15, 0.2) is 42.5 Å². The van der Waals surface area contributed by atoms with Crippen molar-refractivity contribution in [2.24, 2.45) is 0 Å². The molecule has 29 heavy (non-hydrogen) atoms. The van der Waals surface area contributed by atoms with Crippen LogP contribution in [-0.4, -0.2) is 49.4 Å². The molecule has 0 bridgehead atoms. The number of benzene rings is 2. The summed E-state index contributed by atoms with van der Waals surface area (Å²) in [6.45, 7) is 9.64. The Hall–Kier alpha value is -2.53. The topological polar surface area (TPSA) is 52.7 Å². The summed E-state index contributed by atoms with van der Waals surface area (Å²) in [6, 6.07) is 13.8. The summed E-state index contributed by atoms with van der Waals surface area (Å²) in [5, 5.41) is 2.89. The molecule has 1 N–H and O–H groups in total. The highest BCUT2D eigenvalue weighted by molar-refractivity contribution is 5.96. The zero-order chi connectivity index (χ0) is 20.1. The van der Waals surface area contributed by atoms with Crippen LogP contribution in [-0.2, 0) is 0 Å². The molecule has 0 aliphatic carbocycles. The Morgan fingerprint density at radius 2 is 1.59 bits per heavy atom. The molecular weight excluding hydrogens is 386 g/mol. The largest absolute Gasteiger partial charge is 0.368 e. The smallest absolute Gasteiger partial charge is 0.317 e. The minimum Gasteiger partial charge on any atom is -0.368 e. The predicted molar refractivity (Wildman–Crippen MR) is 120 cm³/mol. The van der Waals surface area contributed by atoms with Crippen molar-refractivity contribution < 1.29 is 9.59 Å². The number of urea groups is 1. The lowest BCUT2D eigenvalue weighted by Crippen LogP contribution is -2.52. The highest BCUT2D eigenvalue weighted by Gasteiger charge is 2.22. The van der Waals surface area contributed by atoms with Gasteiger partial charge in [-0.1, -0.05) is 42.0 Å². The number of carbonyl (C=O) groups is 2. The molecule has 1 fully saturated rings. The van der Waals surface area contributed by atoms with Gasteiger partial charge in [0.05, 0.1) is 0 Å². The number of nitrogens with one attached hydrogen (secondary N) is 1. The van der Waals surface area contributed by atoms with Crippen molar-refractivity contribution >= 4 is 29.9 Å². The molecule has 0 spiro atoms. The molecule has 1 aliphatic rings. The van der Waals surface area contributed by atoms with Crippen molar-refractivity contribution in [1.29, 1.82) is 0 Å². The van der Waals surface area contributed by atoms with Gasteiger partial charge in [-0.3, -0.25) is 4.79 Å². The molecule has 6 heteroatoms. The van der Waals surface area contributed by atoms with E-state index in [-0.39, 0.29) is 24.2 Å². The first-order valence-electron chi connectivity index (χ1n) is 9.89. The maximum Gasteiger partial charge on any atom is 0.317 e. The SMILES string of the molecule is Cc1ccc(C(=O)CCNC(=O)N2CCN(c3cccc(C)c3C)CC2)cc1.Cl. The van der Waals surface area contributed by atoms with Crippen LogP contribution < -0.4 is 10.2 Å². The summed E-state index contributed by atoms with van der Waals surface area (Å²) in [6.07, 6.45) is 0.317. The lowest BCUT2D eigenvalue weighted by atomic mass is 10.1. The quantitative estimate of drug-likeness (QED) is 0.746. The standard InChI is InChI=1S/C23H29N3O2.ClH/c1-17-7-9-20(10-8-17)22(27)11-12-24-23(28)26-15-13-25(14-16-26)21-6-4-5-18(2)19(21)3;/h4-10H,11-16H2,1-3H3,(H,24,28);1H. The van der Waals surface area contributed by atoms with Crippen LogP contribution >= 0.6 is 12.4 Å². The number of aryl methyl sites for hydroxylation is 2. The summed E-state index contributed by atoms with van der Waals surface area (Å²) < 4.78 is 0. The Morgan fingerprint density at radius 1 is 0.931 bits per heavy atom. The first-order chi connectivity index (χ1) is 13.5. The van der Waals surface area contributed by atoms with Crippen molar-refractivity contribution in [2.75, 3.05) is 37.6 Å². The lowest BCUT2D eigenvalue weighted by molar-refractivity contribution is 0.0983. The summed E-state index contributed by atoms with van der Waals surface area (Å²) in [4.78, 5) is 28.8. The molecule has 1 saturated heterocycles. The van der Waals surface area contributed by atoms with Crippen LogP contribution in [0.3, 0.4) is 0 Å².